The number of aromatic amines is 1. The number of amides is 2. The van der Waals surface area contributed by atoms with Crippen LogP contribution in [0.3, 0.4) is 0 Å². The summed E-state index contributed by atoms with van der Waals surface area (Å²) in [6.07, 6.45) is 3.74. The first-order chi connectivity index (χ1) is 13.6. The summed E-state index contributed by atoms with van der Waals surface area (Å²) in [7, 11) is 1.67. The predicted molar refractivity (Wildman–Crippen MR) is 105 cm³/mol. The normalized spacial score (nSPS) is 23.0. The Balaban J connectivity index is 1.58. The molecule has 2 saturated heterocycles. The summed E-state index contributed by atoms with van der Waals surface area (Å²) in [5.74, 6) is 0.0611. The fourth-order valence-electron chi connectivity index (χ4n) is 4.35. The highest BCUT2D eigenvalue weighted by Gasteiger charge is 2.46. The Hall–Kier alpha value is -2.38. The van der Waals surface area contributed by atoms with E-state index in [0.717, 1.165) is 23.7 Å². The van der Waals surface area contributed by atoms with E-state index < -0.39 is 5.54 Å². The van der Waals surface area contributed by atoms with E-state index in [9.17, 15) is 9.59 Å². The summed E-state index contributed by atoms with van der Waals surface area (Å²) in [4.78, 5) is 33.1. The van der Waals surface area contributed by atoms with Crippen molar-refractivity contribution >= 4 is 22.7 Å². The third-order valence-electron chi connectivity index (χ3n) is 5.86. The van der Waals surface area contributed by atoms with Crippen LogP contribution >= 0.6 is 0 Å². The second-order valence-corrected chi connectivity index (χ2v) is 7.68. The van der Waals surface area contributed by atoms with Crippen LogP contribution in [0.1, 0.15) is 29.6 Å². The van der Waals surface area contributed by atoms with Crippen molar-refractivity contribution in [3.05, 3.63) is 36.0 Å². The van der Waals surface area contributed by atoms with Gasteiger partial charge < -0.3 is 24.3 Å². The number of nitrogens with one attached hydrogen (secondary N) is 1. The molecule has 2 aliphatic rings. The molecular weight excluding hydrogens is 358 g/mol. The molecule has 0 aliphatic carbocycles. The first kappa shape index (κ1) is 19.0. The van der Waals surface area contributed by atoms with Crippen molar-refractivity contribution in [1.29, 1.82) is 0 Å². The van der Waals surface area contributed by atoms with Gasteiger partial charge in [-0.05, 0) is 36.4 Å². The molecule has 1 unspecified atom stereocenters. The number of H-pyrrole nitrogens is 1. The Bertz CT molecular complexity index is 856. The molecule has 4 rings (SSSR count). The van der Waals surface area contributed by atoms with E-state index in [1.54, 1.807) is 7.11 Å². The molecule has 150 valence electrons. The summed E-state index contributed by atoms with van der Waals surface area (Å²) in [6, 6.07) is 7.68. The smallest absolute Gasteiger partial charge is 0.254 e. The molecule has 28 heavy (non-hydrogen) atoms. The zero-order valence-corrected chi connectivity index (χ0v) is 16.3. The van der Waals surface area contributed by atoms with Gasteiger partial charge in [-0.15, -0.1) is 0 Å². The van der Waals surface area contributed by atoms with Crippen LogP contribution in [0.4, 0.5) is 0 Å². The average Bonchev–Trinajstić information content (AvgIpc) is 3.34. The van der Waals surface area contributed by atoms with Gasteiger partial charge in [0.05, 0.1) is 12.1 Å². The fraction of sp³-hybridized carbons (Fsp3) is 0.524. The molecule has 3 heterocycles. The molecule has 7 nitrogen and oxygen atoms in total. The van der Waals surface area contributed by atoms with E-state index in [2.05, 4.69) is 4.98 Å². The second kappa shape index (κ2) is 7.93. The molecule has 2 aromatic rings. The van der Waals surface area contributed by atoms with Crippen molar-refractivity contribution in [3.63, 3.8) is 0 Å². The number of rotatable bonds is 5. The molecule has 2 aliphatic heterocycles. The summed E-state index contributed by atoms with van der Waals surface area (Å²) in [5.41, 5.74) is 1.15. The lowest BCUT2D eigenvalue weighted by Crippen LogP contribution is -2.57. The van der Waals surface area contributed by atoms with Gasteiger partial charge in [0.15, 0.2) is 0 Å². The largest absolute Gasteiger partial charge is 0.385 e. The summed E-state index contributed by atoms with van der Waals surface area (Å²) >= 11 is 0. The predicted octanol–water partition coefficient (Wildman–Crippen LogP) is 2.04. The molecule has 1 aromatic carbocycles. The highest BCUT2D eigenvalue weighted by Crippen LogP contribution is 2.31. The number of fused-ring (bicyclic) bond motifs is 1. The standard InChI is InChI=1S/C21H27N3O4/c1-27-11-2-9-24-19(25)6-10-23(14-21(24)7-12-28-15-21)20(26)17-4-3-16-5-8-22-18(16)13-17/h3-5,8,13,22H,2,6-7,9-12,14-15H2,1H3. The van der Waals surface area contributed by atoms with Gasteiger partial charge in [-0.3, -0.25) is 9.59 Å². The number of ether oxygens (including phenoxy) is 2. The number of nitrogens with zero attached hydrogens (tertiary/aromatic N) is 2. The number of carbonyl (C=O) groups excluding carboxylic acids is 2. The van der Waals surface area contributed by atoms with E-state index >= 15 is 0 Å². The first-order valence-corrected chi connectivity index (χ1v) is 9.86. The summed E-state index contributed by atoms with van der Waals surface area (Å²) in [5, 5.41) is 1.08. The van der Waals surface area contributed by atoms with Gasteiger partial charge in [0, 0.05) is 63.7 Å². The van der Waals surface area contributed by atoms with Crippen LogP contribution < -0.4 is 0 Å². The lowest BCUT2D eigenvalue weighted by molar-refractivity contribution is -0.136. The number of aromatic nitrogens is 1. The molecular formula is C21H27N3O4. The maximum atomic E-state index is 13.3. The molecule has 2 amide bonds. The van der Waals surface area contributed by atoms with Crippen molar-refractivity contribution in [1.82, 2.24) is 14.8 Å². The number of carbonyl (C=O) groups is 2. The third kappa shape index (κ3) is 3.52. The van der Waals surface area contributed by atoms with Crippen LogP contribution in [0.2, 0.25) is 0 Å². The van der Waals surface area contributed by atoms with Gasteiger partial charge in [-0.1, -0.05) is 6.07 Å². The number of methoxy groups -OCH3 is 1. The average molecular weight is 385 g/mol. The SMILES string of the molecule is COCCCN1C(=O)CCN(C(=O)c2ccc3cc[nH]c3c2)CC12CCOC2. The van der Waals surface area contributed by atoms with Gasteiger partial charge in [-0.2, -0.15) is 0 Å². The van der Waals surface area contributed by atoms with Gasteiger partial charge in [-0.25, -0.2) is 0 Å². The van der Waals surface area contributed by atoms with Crippen molar-refractivity contribution in [2.24, 2.45) is 0 Å². The topological polar surface area (TPSA) is 74.9 Å². The Labute approximate surface area is 164 Å². The molecule has 0 saturated carbocycles. The van der Waals surface area contributed by atoms with Gasteiger partial charge in [0.1, 0.15) is 0 Å². The van der Waals surface area contributed by atoms with Crippen LogP contribution in [0, 0.1) is 0 Å². The lowest BCUT2D eigenvalue weighted by Gasteiger charge is -2.40. The van der Waals surface area contributed by atoms with Crippen LogP contribution in [0.15, 0.2) is 30.5 Å². The Morgan fingerprint density at radius 2 is 2.25 bits per heavy atom. The van der Waals surface area contributed by atoms with Gasteiger partial charge in [0.25, 0.3) is 5.91 Å². The molecule has 1 atom stereocenters. The number of hydrogen-bond acceptors (Lipinski definition) is 4. The molecule has 1 N–H and O–H groups in total. The van der Waals surface area contributed by atoms with Crippen molar-refractivity contribution in [2.75, 3.05) is 46.6 Å². The van der Waals surface area contributed by atoms with E-state index in [4.69, 9.17) is 9.47 Å². The lowest BCUT2D eigenvalue weighted by atomic mass is 9.95. The third-order valence-corrected chi connectivity index (χ3v) is 5.86. The minimum Gasteiger partial charge on any atom is -0.385 e. The van der Waals surface area contributed by atoms with Crippen LogP contribution in [0.5, 0.6) is 0 Å². The number of benzene rings is 1. The van der Waals surface area contributed by atoms with Crippen molar-refractivity contribution in [2.45, 2.75) is 24.8 Å². The number of hydrogen-bond donors (Lipinski definition) is 1. The van der Waals surface area contributed by atoms with E-state index in [1.807, 2.05) is 40.3 Å². The Morgan fingerprint density at radius 1 is 1.36 bits per heavy atom. The second-order valence-electron chi connectivity index (χ2n) is 7.68. The van der Waals surface area contributed by atoms with Crippen molar-refractivity contribution < 1.29 is 19.1 Å². The molecule has 1 spiro atoms. The molecule has 2 fully saturated rings. The Morgan fingerprint density at radius 3 is 3.04 bits per heavy atom. The minimum absolute atomic E-state index is 0.0330. The van der Waals surface area contributed by atoms with Crippen LogP contribution in [-0.4, -0.2) is 78.7 Å². The summed E-state index contributed by atoms with van der Waals surface area (Å²) in [6.45, 7) is 3.28. The highest BCUT2D eigenvalue weighted by atomic mass is 16.5. The maximum Gasteiger partial charge on any atom is 0.254 e. The van der Waals surface area contributed by atoms with Gasteiger partial charge >= 0.3 is 0 Å². The van der Waals surface area contributed by atoms with Crippen LogP contribution in [-0.2, 0) is 14.3 Å². The molecule has 0 bridgehead atoms. The van der Waals surface area contributed by atoms with E-state index in [-0.39, 0.29) is 11.8 Å². The zero-order chi connectivity index (χ0) is 19.6. The Kier molecular flexibility index (Phi) is 5.37. The molecule has 7 heteroatoms. The van der Waals surface area contributed by atoms with Crippen molar-refractivity contribution in [3.8, 4) is 0 Å². The zero-order valence-electron chi connectivity index (χ0n) is 16.3. The highest BCUT2D eigenvalue weighted by molar-refractivity contribution is 5.98. The minimum atomic E-state index is -0.437. The monoisotopic (exact) mass is 385 g/mol. The van der Waals surface area contributed by atoms with Gasteiger partial charge in [0.2, 0.25) is 5.91 Å². The molecule has 0 radical (unpaired) electrons. The quantitative estimate of drug-likeness (QED) is 0.800. The van der Waals surface area contributed by atoms with E-state index in [0.29, 0.717) is 51.4 Å². The maximum absolute atomic E-state index is 13.3. The summed E-state index contributed by atoms with van der Waals surface area (Å²) < 4.78 is 10.9. The first-order valence-electron chi connectivity index (χ1n) is 9.86. The fourth-order valence-corrected chi connectivity index (χ4v) is 4.35. The van der Waals surface area contributed by atoms with Crippen LogP contribution in [0.25, 0.3) is 10.9 Å². The van der Waals surface area contributed by atoms with E-state index in [1.165, 1.54) is 0 Å². The molecule has 1 aromatic heterocycles.